The van der Waals surface area contributed by atoms with E-state index in [1.807, 2.05) is 0 Å². The normalized spacial score (nSPS) is 20.4. The zero-order valence-corrected chi connectivity index (χ0v) is 22.2. The third-order valence-electron chi connectivity index (χ3n) is 7.27. The van der Waals surface area contributed by atoms with Gasteiger partial charge in [-0.25, -0.2) is 14.2 Å². The van der Waals surface area contributed by atoms with Crippen LogP contribution in [0.4, 0.5) is 27.5 Å². The molecule has 10 heteroatoms. The molecule has 3 N–H and O–H groups in total. The third kappa shape index (κ3) is 6.00. The molecule has 3 atom stereocenters. The van der Waals surface area contributed by atoms with E-state index in [0.717, 1.165) is 25.5 Å². The molecule has 3 aromatic rings. The van der Waals surface area contributed by atoms with Gasteiger partial charge in [0.05, 0.1) is 11.9 Å². The maximum atomic E-state index is 14.7. The summed E-state index contributed by atoms with van der Waals surface area (Å²) in [5.41, 5.74) is 0.996. The zero-order valence-electron chi connectivity index (χ0n) is 22.2. The van der Waals surface area contributed by atoms with E-state index in [-0.39, 0.29) is 29.2 Å². The van der Waals surface area contributed by atoms with Crippen LogP contribution in [0.2, 0.25) is 0 Å². The molecule has 1 aliphatic heterocycles. The monoisotopic (exact) mass is 536 g/mol. The lowest BCUT2D eigenvalue weighted by molar-refractivity contribution is 0.0442. The Morgan fingerprint density at radius 2 is 1.92 bits per heavy atom. The van der Waals surface area contributed by atoms with Gasteiger partial charge in [-0.3, -0.25) is 0 Å². The van der Waals surface area contributed by atoms with Crippen molar-refractivity contribution < 1.29 is 28.5 Å². The molecule has 39 heavy (non-hydrogen) atoms. The second kappa shape index (κ2) is 11.3. The van der Waals surface area contributed by atoms with Crippen LogP contribution >= 0.6 is 0 Å². The summed E-state index contributed by atoms with van der Waals surface area (Å²) in [6.45, 7) is 7.44. The Morgan fingerprint density at radius 1 is 1.13 bits per heavy atom. The van der Waals surface area contributed by atoms with Crippen LogP contribution in [-0.4, -0.2) is 40.4 Å². The maximum absolute atomic E-state index is 14.7. The summed E-state index contributed by atoms with van der Waals surface area (Å²) in [6, 6.07) is 10.0. The molecule has 3 unspecified atom stereocenters. The number of carboxylic acid groups (broad SMARTS) is 1. The number of hydrogen-bond acceptors (Lipinski definition) is 8. The summed E-state index contributed by atoms with van der Waals surface area (Å²) < 4.78 is 32.3. The Morgan fingerprint density at radius 3 is 2.69 bits per heavy atom. The lowest BCUT2D eigenvalue weighted by Crippen LogP contribution is -2.36. The molecule has 1 aliphatic carbocycles. The molecule has 0 saturated heterocycles. The first-order valence-electron chi connectivity index (χ1n) is 13.3. The minimum atomic E-state index is -1.10. The van der Waals surface area contributed by atoms with Gasteiger partial charge in [0, 0.05) is 11.8 Å². The van der Waals surface area contributed by atoms with Gasteiger partial charge in [0.25, 0.3) is 0 Å². The Kier molecular flexibility index (Phi) is 7.72. The van der Waals surface area contributed by atoms with Crippen LogP contribution in [0.15, 0.2) is 42.6 Å². The molecule has 206 valence electrons. The highest BCUT2D eigenvalue weighted by Crippen LogP contribution is 2.40. The van der Waals surface area contributed by atoms with E-state index in [1.165, 1.54) is 6.07 Å². The number of halogens is 1. The number of nitrogens with zero attached hydrogens (tertiary/aromatic N) is 2. The predicted molar refractivity (Wildman–Crippen MR) is 145 cm³/mol. The fourth-order valence-electron chi connectivity index (χ4n) is 5.23. The van der Waals surface area contributed by atoms with E-state index in [4.69, 9.17) is 14.2 Å². The number of benzene rings is 2. The van der Waals surface area contributed by atoms with Crippen molar-refractivity contribution in [1.82, 2.24) is 9.97 Å². The highest BCUT2D eigenvalue weighted by atomic mass is 19.1. The average molecular weight is 537 g/mol. The summed E-state index contributed by atoms with van der Waals surface area (Å²) in [5.74, 6) is 0.866. The molecule has 2 aliphatic rings. The number of carbonyl (C=O) groups is 1. The average Bonchev–Trinajstić information content (AvgIpc) is 2.91. The number of carboxylic acids is 1. The largest absolute Gasteiger partial charge is 0.487 e. The van der Waals surface area contributed by atoms with Crippen molar-refractivity contribution in [2.24, 2.45) is 17.8 Å². The van der Waals surface area contributed by atoms with E-state index in [0.29, 0.717) is 53.8 Å². The Hall–Kier alpha value is -4.08. The Balaban J connectivity index is 1.42. The zero-order chi connectivity index (χ0) is 27.5. The lowest BCUT2D eigenvalue weighted by atomic mass is 9.75. The van der Waals surface area contributed by atoms with Crippen molar-refractivity contribution in [3.63, 3.8) is 0 Å². The first kappa shape index (κ1) is 26.5. The molecule has 0 spiro atoms. The van der Waals surface area contributed by atoms with Crippen molar-refractivity contribution in [3.8, 4) is 17.2 Å². The standard InChI is InChI=1S/C29H33FN4O5/c1-16(2)19-9-7-17(3)13-24(19)39-26-20(28(35)36)5-4-6-22(26)33-29-31-15-21(30)27(34-29)32-18-8-10-23-25(14-18)38-12-11-37-23/h4-6,8,10,14-17,19,24H,7,9,11-13H2,1-3H3,(H,35,36)(H2,31,32,33,34). The van der Waals surface area contributed by atoms with Crippen LogP contribution in [0, 0.1) is 23.6 Å². The Labute approximate surface area is 226 Å². The number of para-hydroxylation sites is 1. The van der Waals surface area contributed by atoms with Crippen LogP contribution in [0.3, 0.4) is 0 Å². The van der Waals surface area contributed by atoms with Gasteiger partial charge in [-0.2, -0.15) is 4.98 Å². The topological polar surface area (TPSA) is 115 Å². The van der Waals surface area contributed by atoms with Crippen LogP contribution < -0.4 is 24.8 Å². The maximum Gasteiger partial charge on any atom is 0.339 e. The molecule has 1 saturated carbocycles. The minimum Gasteiger partial charge on any atom is -0.487 e. The second-order valence-electron chi connectivity index (χ2n) is 10.5. The first-order valence-corrected chi connectivity index (χ1v) is 13.3. The molecule has 0 radical (unpaired) electrons. The highest BCUT2D eigenvalue weighted by Gasteiger charge is 2.34. The van der Waals surface area contributed by atoms with Crippen LogP contribution in [0.25, 0.3) is 0 Å². The smallest absolute Gasteiger partial charge is 0.339 e. The van der Waals surface area contributed by atoms with Crippen molar-refractivity contribution in [1.29, 1.82) is 0 Å². The fourth-order valence-corrected chi connectivity index (χ4v) is 5.23. The van der Waals surface area contributed by atoms with E-state index >= 15 is 0 Å². The van der Waals surface area contributed by atoms with E-state index in [2.05, 4.69) is 41.4 Å². The van der Waals surface area contributed by atoms with Gasteiger partial charge >= 0.3 is 5.97 Å². The predicted octanol–water partition coefficient (Wildman–Crippen LogP) is 6.41. The molecule has 1 fully saturated rings. The first-order chi connectivity index (χ1) is 18.8. The number of aromatic carboxylic acids is 1. The van der Waals surface area contributed by atoms with Crippen LogP contribution in [0.5, 0.6) is 17.2 Å². The van der Waals surface area contributed by atoms with Crippen LogP contribution in [0.1, 0.15) is 50.4 Å². The van der Waals surface area contributed by atoms with Gasteiger partial charge in [0.15, 0.2) is 28.9 Å². The van der Waals surface area contributed by atoms with Gasteiger partial charge in [-0.1, -0.05) is 33.3 Å². The van der Waals surface area contributed by atoms with E-state index in [9.17, 15) is 14.3 Å². The van der Waals surface area contributed by atoms with Crippen molar-refractivity contribution in [3.05, 3.63) is 54.0 Å². The number of rotatable bonds is 8. The number of ether oxygens (including phenoxy) is 3. The summed E-state index contributed by atoms with van der Waals surface area (Å²) in [7, 11) is 0. The van der Waals surface area contributed by atoms with Gasteiger partial charge in [0.1, 0.15) is 24.9 Å². The lowest BCUT2D eigenvalue weighted by Gasteiger charge is -2.37. The fraction of sp³-hybridized carbons (Fsp3) is 0.414. The molecular formula is C29H33FN4O5. The van der Waals surface area contributed by atoms with Gasteiger partial charge in [-0.05, 0) is 54.9 Å². The summed E-state index contributed by atoms with van der Waals surface area (Å²) in [5, 5.41) is 15.9. The molecule has 0 bridgehead atoms. The molecule has 0 amide bonds. The van der Waals surface area contributed by atoms with E-state index in [1.54, 1.807) is 30.3 Å². The number of nitrogens with one attached hydrogen (secondary N) is 2. The molecule has 1 aromatic heterocycles. The van der Waals surface area contributed by atoms with Gasteiger partial charge < -0.3 is 30.0 Å². The highest BCUT2D eigenvalue weighted by molar-refractivity contribution is 5.93. The summed E-state index contributed by atoms with van der Waals surface area (Å²) >= 11 is 0. The SMILES string of the molecule is CC1CCC(C(C)C)C(Oc2c(Nc3ncc(F)c(Nc4ccc5c(c4)OCCO5)n3)cccc2C(=O)O)C1. The van der Waals surface area contributed by atoms with Crippen molar-refractivity contribution in [2.75, 3.05) is 23.8 Å². The van der Waals surface area contributed by atoms with E-state index < -0.39 is 11.8 Å². The van der Waals surface area contributed by atoms with Crippen LogP contribution in [-0.2, 0) is 0 Å². The molecule has 2 heterocycles. The minimum absolute atomic E-state index is 0.0393. The quantitative estimate of drug-likeness (QED) is 0.300. The number of aromatic nitrogens is 2. The Bertz CT molecular complexity index is 1350. The number of hydrogen-bond donors (Lipinski definition) is 3. The third-order valence-corrected chi connectivity index (χ3v) is 7.27. The molecule has 9 nitrogen and oxygen atoms in total. The molecule has 5 rings (SSSR count). The molecule has 2 aromatic carbocycles. The van der Waals surface area contributed by atoms with Crippen molar-refractivity contribution >= 4 is 29.1 Å². The number of anilines is 4. The van der Waals surface area contributed by atoms with Crippen molar-refractivity contribution in [2.45, 2.75) is 46.1 Å². The summed E-state index contributed by atoms with van der Waals surface area (Å²) in [4.78, 5) is 20.5. The number of fused-ring (bicyclic) bond motifs is 1. The second-order valence-corrected chi connectivity index (χ2v) is 10.5. The van der Waals surface area contributed by atoms with Gasteiger partial charge in [-0.15, -0.1) is 0 Å². The molecular weight excluding hydrogens is 503 g/mol. The van der Waals surface area contributed by atoms with Gasteiger partial charge in [0.2, 0.25) is 5.95 Å². The summed E-state index contributed by atoms with van der Waals surface area (Å²) in [6.07, 6.45) is 3.91.